The first-order valence-electron chi connectivity index (χ1n) is 3.99. The van der Waals surface area contributed by atoms with Crippen molar-refractivity contribution in [3.05, 3.63) is 0 Å². The molecule has 0 fully saturated rings. The predicted molar refractivity (Wildman–Crippen MR) is 72.4 cm³/mol. The van der Waals surface area contributed by atoms with Gasteiger partial charge in [-0.1, -0.05) is 0 Å². The number of primary amides is 1. The Balaban J connectivity index is 0. The van der Waals surface area contributed by atoms with Gasteiger partial charge in [0.15, 0.2) is 0 Å². The molecule has 0 aliphatic carbocycles. The minimum Gasteiger partial charge on any atom is -0.370 e. The van der Waals surface area contributed by atoms with E-state index in [1.807, 2.05) is 0 Å². The number of hydrogen-bond donors (Lipinski definition) is 1. The molecule has 14 heavy (non-hydrogen) atoms. The molecule has 2 N–H and O–H groups in total. The average molecular weight is 167 g/mol. The van der Waals surface area contributed by atoms with Crippen LogP contribution in [0.3, 0.4) is 0 Å². The molecule has 0 rings (SSSR count). The highest BCUT2D eigenvalue weighted by molar-refractivity contribution is 8.00. The van der Waals surface area contributed by atoms with Gasteiger partial charge in [-0.25, -0.2) is 0 Å². The maximum atomic E-state index is 9.22. The lowest BCUT2D eigenvalue weighted by Gasteiger charge is -2.23. The van der Waals surface area contributed by atoms with Crippen molar-refractivity contribution in [3.63, 3.8) is 0 Å². The fraction of sp³-hybridized carbons (Fsp3) is 0.500. The zero-order chi connectivity index (χ0) is 11.9. The number of amides is 1. The molecule has 0 saturated heterocycles. The molecular formula is C2H5B10NO. The molecule has 1 amide bonds. The predicted octanol–water partition coefficient (Wildman–Crippen LogP) is -4.32. The minimum atomic E-state index is -0.667. The summed E-state index contributed by atoms with van der Waals surface area (Å²) < 4.78 is 0. The van der Waals surface area contributed by atoms with Crippen molar-refractivity contribution in [2.24, 2.45) is 5.73 Å². The average Bonchev–Trinajstić information content (AvgIpc) is 1.80. The van der Waals surface area contributed by atoms with Crippen molar-refractivity contribution in [2.45, 2.75) is 6.92 Å². The lowest BCUT2D eigenvalue weighted by molar-refractivity contribution is -0.115. The van der Waals surface area contributed by atoms with E-state index in [2.05, 4.69) is 5.73 Å². The van der Waals surface area contributed by atoms with Crippen LogP contribution >= 0.6 is 0 Å². The molecule has 0 aliphatic heterocycles. The number of carbonyl (C=O) groups is 1. The minimum absolute atomic E-state index is 0.333. The van der Waals surface area contributed by atoms with Crippen molar-refractivity contribution in [2.75, 3.05) is 0 Å². The third kappa shape index (κ3) is 10.2. The van der Waals surface area contributed by atoms with E-state index in [1.165, 1.54) is 6.92 Å². The summed E-state index contributed by atoms with van der Waals surface area (Å²) in [4.78, 5) is 9.22. The highest BCUT2D eigenvalue weighted by Crippen LogP contribution is 1.86. The van der Waals surface area contributed by atoms with Crippen LogP contribution in [0.15, 0.2) is 0 Å². The van der Waals surface area contributed by atoms with Crippen LogP contribution in [0.1, 0.15) is 6.92 Å². The van der Waals surface area contributed by atoms with Crippen molar-refractivity contribution in [1.29, 1.82) is 0 Å². The van der Waals surface area contributed by atoms with Crippen LogP contribution in [0.4, 0.5) is 0 Å². The Bertz CT molecular complexity index is 135. The van der Waals surface area contributed by atoms with Crippen molar-refractivity contribution in [3.8, 4) is 0 Å². The summed E-state index contributed by atoms with van der Waals surface area (Å²) in [6.45, 7) is 1.31. The quantitative estimate of drug-likeness (QED) is 0.424. The Hall–Kier alpha value is 0.119. The van der Waals surface area contributed by atoms with Crippen LogP contribution in [-0.4, -0.2) is 77.9 Å². The van der Waals surface area contributed by atoms with E-state index in [0.29, 0.717) is 0 Å². The molecule has 12 radical (unpaired) electrons. The highest BCUT2D eigenvalue weighted by Gasteiger charge is 2.24. The first kappa shape index (κ1) is 16.5. The molecular weight excluding hydrogens is 162 g/mol. The third-order valence-corrected chi connectivity index (χ3v) is 1.33. The summed E-state index contributed by atoms with van der Waals surface area (Å²) >= 11 is 0. The fourth-order valence-corrected chi connectivity index (χ4v) is 0.770. The maximum Gasteiger partial charge on any atom is 0.214 e. The van der Waals surface area contributed by atoms with E-state index in [-0.39, 0.29) is 5.91 Å². The zero-order valence-corrected chi connectivity index (χ0v) is 8.26. The summed E-state index contributed by atoms with van der Waals surface area (Å²) in [6.07, 6.45) is -2.44. The molecule has 0 atom stereocenters. The summed E-state index contributed by atoms with van der Waals surface area (Å²) in [5.41, 5.74) is 4.47. The Morgan fingerprint density at radius 3 is 1.07 bits per heavy atom. The molecule has 0 saturated carbocycles. The zero-order valence-electron chi connectivity index (χ0n) is 8.26. The van der Waals surface area contributed by atoms with Crippen molar-refractivity contribution in [1.82, 2.24) is 0 Å². The molecule has 0 aliphatic rings. The largest absolute Gasteiger partial charge is 0.370 e. The van der Waals surface area contributed by atoms with E-state index in [4.69, 9.17) is 46.4 Å². The van der Waals surface area contributed by atoms with Gasteiger partial charge in [0.05, 0.1) is 0 Å². The summed E-state index contributed by atoms with van der Waals surface area (Å²) in [6, 6.07) is 0. The third-order valence-electron chi connectivity index (χ3n) is 1.33. The van der Waals surface area contributed by atoms with Crippen LogP contribution < -0.4 is 5.73 Å². The molecule has 0 unspecified atom stereocenters. The fourth-order valence-electron chi connectivity index (χ4n) is 0.770. The van der Waals surface area contributed by atoms with Crippen LogP contribution in [0.25, 0.3) is 0 Å². The molecule has 0 aromatic rings. The van der Waals surface area contributed by atoms with E-state index in [9.17, 15) is 4.79 Å². The van der Waals surface area contributed by atoms with Gasteiger partial charge in [0, 0.05) is 78.9 Å². The van der Waals surface area contributed by atoms with Crippen LogP contribution in [0, 0.1) is 0 Å². The lowest BCUT2D eigenvalue weighted by atomic mass is 8.58. The molecule has 0 spiro atoms. The normalized spacial score (nSPS) is 7.79. The standard InChI is InChI=1S/C2H5NO.B10/c1-2(3)4;1-7(2)10(8(3)4)9(5)6/h1H3,(H2,3,4);. The monoisotopic (exact) mass is 169 g/mol. The van der Waals surface area contributed by atoms with Gasteiger partial charge in [-0.05, 0) is 0 Å². The van der Waals surface area contributed by atoms with Gasteiger partial charge in [-0.2, -0.15) is 0 Å². The lowest BCUT2D eigenvalue weighted by Crippen LogP contribution is -2.62. The molecule has 0 aromatic heterocycles. The van der Waals surface area contributed by atoms with Crippen LogP contribution in [-0.2, 0) is 4.79 Å². The maximum absolute atomic E-state index is 9.22. The van der Waals surface area contributed by atoms with Crippen LogP contribution in [0.5, 0.6) is 0 Å². The van der Waals surface area contributed by atoms with E-state index >= 15 is 0 Å². The topological polar surface area (TPSA) is 43.1 Å². The Labute approximate surface area is 95.7 Å². The van der Waals surface area contributed by atoms with Gasteiger partial charge in [0.25, 0.3) is 0 Å². The molecule has 54 valence electrons. The smallest absolute Gasteiger partial charge is 0.214 e. The molecule has 0 bridgehead atoms. The second-order valence-corrected chi connectivity index (χ2v) is 2.92. The van der Waals surface area contributed by atoms with Gasteiger partial charge in [-0.15, -0.1) is 0 Å². The van der Waals surface area contributed by atoms with E-state index in [1.54, 1.807) is 0 Å². The second kappa shape index (κ2) is 8.43. The first-order chi connectivity index (χ1) is 6.20. The van der Waals surface area contributed by atoms with E-state index in [0.717, 1.165) is 0 Å². The van der Waals surface area contributed by atoms with Gasteiger partial charge < -0.3 is 5.73 Å². The SMILES string of the molecule is CC(N)=O.[B]B([B])B(B([B])[B])B([B])[B]. The second-order valence-electron chi connectivity index (χ2n) is 2.92. The summed E-state index contributed by atoms with van der Waals surface area (Å²) in [7, 11) is 31.8. The number of nitrogens with two attached hydrogens (primary N) is 1. The Morgan fingerprint density at radius 2 is 1.07 bits per heavy atom. The molecule has 0 aromatic carbocycles. The molecule has 2 nitrogen and oxygen atoms in total. The van der Waals surface area contributed by atoms with E-state index < -0.39 is 25.5 Å². The molecule has 12 heteroatoms. The summed E-state index contributed by atoms with van der Waals surface area (Å²) in [5.74, 6) is -0.333. The Morgan fingerprint density at radius 1 is 0.929 bits per heavy atom. The van der Waals surface area contributed by atoms with Gasteiger partial charge in [-0.3, -0.25) is 4.79 Å². The summed E-state index contributed by atoms with van der Waals surface area (Å²) in [5, 5.41) is 0. The first-order valence-corrected chi connectivity index (χ1v) is 3.99. The number of carbonyl (C=O) groups excluding carboxylic acids is 1. The highest BCUT2D eigenvalue weighted by atomic mass is 16.1. The Kier molecular flexibility index (Phi) is 9.96. The molecule has 0 heterocycles. The van der Waals surface area contributed by atoms with Crippen molar-refractivity contribution < 1.29 is 4.79 Å². The van der Waals surface area contributed by atoms with Gasteiger partial charge in [0.2, 0.25) is 5.91 Å². The van der Waals surface area contributed by atoms with Gasteiger partial charge in [0.1, 0.15) is 0 Å². The van der Waals surface area contributed by atoms with Gasteiger partial charge >= 0.3 is 0 Å². The number of rotatable bonds is 3. The van der Waals surface area contributed by atoms with Crippen LogP contribution in [0.2, 0.25) is 0 Å². The number of hydrogen-bond acceptors (Lipinski definition) is 1. The van der Waals surface area contributed by atoms with Crippen molar-refractivity contribution >= 4 is 77.9 Å².